The largest absolute Gasteiger partial charge is 0.338 e. The molecule has 0 saturated carbocycles. The van der Waals surface area contributed by atoms with Crippen LogP contribution in [0.1, 0.15) is 20.3 Å². The summed E-state index contributed by atoms with van der Waals surface area (Å²) in [4.78, 5) is 13.1. The van der Waals surface area contributed by atoms with Crippen molar-refractivity contribution in [3.05, 3.63) is 0 Å². The van der Waals surface area contributed by atoms with E-state index in [1.807, 2.05) is 13.8 Å². The van der Waals surface area contributed by atoms with Gasteiger partial charge < -0.3 is 10.6 Å². The van der Waals surface area contributed by atoms with E-state index in [9.17, 15) is 9.18 Å². The van der Waals surface area contributed by atoms with Gasteiger partial charge in [0.2, 0.25) is 5.91 Å². The summed E-state index contributed by atoms with van der Waals surface area (Å²) >= 11 is 0. The Morgan fingerprint density at radius 3 is 2.62 bits per heavy atom. The molecule has 0 unspecified atom stereocenters. The highest BCUT2D eigenvalue weighted by atomic mass is 19.1. The highest BCUT2D eigenvalue weighted by molar-refractivity contribution is 5.82. The monoisotopic (exact) mass is 188 g/mol. The summed E-state index contributed by atoms with van der Waals surface area (Å²) in [6.07, 6.45) is -0.403. The van der Waals surface area contributed by atoms with Crippen LogP contribution < -0.4 is 5.73 Å². The van der Waals surface area contributed by atoms with Gasteiger partial charge in [0.15, 0.2) is 0 Å². The van der Waals surface area contributed by atoms with Crippen molar-refractivity contribution in [1.29, 1.82) is 0 Å². The standard InChI is InChI=1S/C9H17FN2O/c1-6(2)8(11)9(13)12-4-3-7(10)5-12/h6-8H,3-5,11H2,1-2H3/t7-,8+/m1/s1. The van der Waals surface area contributed by atoms with Crippen LogP contribution in [0, 0.1) is 5.92 Å². The summed E-state index contributed by atoms with van der Waals surface area (Å²) < 4.78 is 12.8. The minimum Gasteiger partial charge on any atom is -0.338 e. The van der Waals surface area contributed by atoms with Gasteiger partial charge in [0.05, 0.1) is 12.6 Å². The Morgan fingerprint density at radius 2 is 2.23 bits per heavy atom. The van der Waals surface area contributed by atoms with Crippen molar-refractivity contribution in [2.75, 3.05) is 13.1 Å². The number of carbonyl (C=O) groups is 1. The Labute approximate surface area is 78.1 Å². The zero-order valence-corrected chi connectivity index (χ0v) is 8.16. The minimum atomic E-state index is -0.858. The van der Waals surface area contributed by atoms with Gasteiger partial charge in [0.1, 0.15) is 6.17 Å². The summed E-state index contributed by atoms with van der Waals surface area (Å²) in [5.41, 5.74) is 5.67. The van der Waals surface area contributed by atoms with Crippen molar-refractivity contribution in [2.24, 2.45) is 11.7 Å². The van der Waals surface area contributed by atoms with Gasteiger partial charge in [-0.05, 0) is 12.3 Å². The predicted octanol–water partition coefficient (Wildman–Crippen LogP) is 0.540. The molecule has 1 aliphatic heterocycles. The molecule has 0 aromatic heterocycles. The molecule has 1 aliphatic rings. The normalized spacial score (nSPS) is 25.3. The smallest absolute Gasteiger partial charge is 0.239 e. The van der Waals surface area contributed by atoms with Gasteiger partial charge in [-0.25, -0.2) is 4.39 Å². The second kappa shape index (κ2) is 4.05. The van der Waals surface area contributed by atoms with E-state index >= 15 is 0 Å². The van der Waals surface area contributed by atoms with Crippen LogP contribution >= 0.6 is 0 Å². The van der Waals surface area contributed by atoms with Gasteiger partial charge in [-0.3, -0.25) is 4.79 Å². The van der Waals surface area contributed by atoms with Crippen LogP contribution in [0.25, 0.3) is 0 Å². The number of nitrogens with two attached hydrogens (primary N) is 1. The van der Waals surface area contributed by atoms with Crippen LogP contribution in [0.3, 0.4) is 0 Å². The molecule has 1 amide bonds. The average Bonchev–Trinajstić information content (AvgIpc) is 2.49. The molecule has 0 radical (unpaired) electrons. The lowest BCUT2D eigenvalue weighted by Gasteiger charge is -2.22. The minimum absolute atomic E-state index is 0.116. The van der Waals surface area contributed by atoms with Gasteiger partial charge in [-0.1, -0.05) is 13.8 Å². The molecule has 1 rings (SSSR count). The summed E-state index contributed by atoms with van der Waals surface area (Å²) in [6.45, 7) is 4.52. The van der Waals surface area contributed by atoms with Gasteiger partial charge in [0, 0.05) is 6.54 Å². The van der Waals surface area contributed by atoms with E-state index in [0.29, 0.717) is 13.0 Å². The van der Waals surface area contributed by atoms with E-state index < -0.39 is 12.2 Å². The van der Waals surface area contributed by atoms with Crippen molar-refractivity contribution in [2.45, 2.75) is 32.5 Å². The van der Waals surface area contributed by atoms with E-state index in [-0.39, 0.29) is 18.4 Å². The highest BCUT2D eigenvalue weighted by Gasteiger charge is 2.30. The number of alkyl halides is 1. The number of likely N-dealkylation sites (tertiary alicyclic amines) is 1. The quantitative estimate of drug-likeness (QED) is 0.687. The summed E-state index contributed by atoms with van der Waals surface area (Å²) in [7, 11) is 0. The van der Waals surface area contributed by atoms with Gasteiger partial charge in [-0.2, -0.15) is 0 Å². The van der Waals surface area contributed by atoms with Crippen molar-refractivity contribution in [3.8, 4) is 0 Å². The molecular weight excluding hydrogens is 171 g/mol. The number of halogens is 1. The molecule has 0 aromatic carbocycles. The lowest BCUT2D eigenvalue weighted by atomic mass is 10.0. The third-order valence-corrected chi connectivity index (χ3v) is 2.45. The Morgan fingerprint density at radius 1 is 1.62 bits per heavy atom. The van der Waals surface area contributed by atoms with Crippen LogP contribution in [-0.4, -0.2) is 36.1 Å². The van der Waals surface area contributed by atoms with E-state index in [0.717, 1.165) is 0 Å². The van der Waals surface area contributed by atoms with Crippen LogP contribution in [0.2, 0.25) is 0 Å². The number of nitrogens with zero attached hydrogens (tertiary/aromatic N) is 1. The van der Waals surface area contributed by atoms with E-state index in [4.69, 9.17) is 5.73 Å². The maximum Gasteiger partial charge on any atom is 0.239 e. The second-order valence-electron chi connectivity index (χ2n) is 3.94. The molecule has 1 saturated heterocycles. The predicted molar refractivity (Wildman–Crippen MR) is 48.9 cm³/mol. The summed E-state index contributed by atoms with van der Waals surface area (Å²) in [5, 5.41) is 0. The maximum absolute atomic E-state index is 12.8. The number of hydrogen-bond donors (Lipinski definition) is 1. The van der Waals surface area contributed by atoms with Gasteiger partial charge in [0.25, 0.3) is 0 Å². The van der Waals surface area contributed by atoms with Gasteiger partial charge >= 0.3 is 0 Å². The number of rotatable bonds is 2. The van der Waals surface area contributed by atoms with Crippen LogP contribution in [0.4, 0.5) is 4.39 Å². The van der Waals surface area contributed by atoms with Crippen molar-refractivity contribution in [3.63, 3.8) is 0 Å². The van der Waals surface area contributed by atoms with Crippen molar-refractivity contribution in [1.82, 2.24) is 4.90 Å². The SMILES string of the molecule is CC(C)[C@H](N)C(=O)N1CC[C@@H](F)C1. The molecule has 3 nitrogen and oxygen atoms in total. The maximum atomic E-state index is 12.8. The molecule has 0 bridgehead atoms. The molecular formula is C9H17FN2O. The molecule has 2 N–H and O–H groups in total. The summed E-state index contributed by atoms with van der Waals surface area (Å²) in [5.74, 6) is 0.00121. The van der Waals surface area contributed by atoms with Crippen LogP contribution in [0.15, 0.2) is 0 Å². The summed E-state index contributed by atoms with van der Waals surface area (Å²) in [6, 6.07) is -0.481. The molecule has 0 aromatic rings. The molecule has 1 fully saturated rings. The number of hydrogen-bond acceptors (Lipinski definition) is 2. The van der Waals surface area contributed by atoms with E-state index in [1.165, 1.54) is 4.90 Å². The third-order valence-electron chi connectivity index (χ3n) is 2.45. The first-order valence-corrected chi connectivity index (χ1v) is 4.70. The van der Waals surface area contributed by atoms with Crippen LogP contribution in [0.5, 0.6) is 0 Å². The molecule has 0 spiro atoms. The Hall–Kier alpha value is -0.640. The average molecular weight is 188 g/mol. The van der Waals surface area contributed by atoms with Gasteiger partial charge in [-0.15, -0.1) is 0 Å². The zero-order chi connectivity index (χ0) is 10.0. The Kier molecular flexibility index (Phi) is 3.25. The first-order valence-electron chi connectivity index (χ1n) is 4.70. The van der Waals surface area contributed by atoms with E-state index in [2.05, 4.69) is 0 Å². The number of carbonyl (C=O) groups excluding carboxylic acids is 1. The van der Waals surface area contributed by atoms with E-state index in [1.54, 1.807) is 0 Å². The molecule has 76 valence electrons. The molecule has 13 heavy (non-hydrogen) atoms. The topological polar surface area (TPSA) is 46.3 Å². The second-order valence-corrected chi connectivity index (χ2v) is 3.94. The lowest BCUT2D eigenvalue weighted by Crippen LogP contribution is -2.45. The fraction of sp³-hybridized carbons (Fsp3) is 0.889. The Balaban J connectivity index is 2.48. The molecule has 0 aliphatic carbocycles. The zero-order valence-electron chi connectivity index (χ0n) is 8.16. The first kappa shape index (κ1) is 10.4. The number of amides is 1. The van der Waals surface area contributed by atoms with Crippen molar-refractivity contribution < 1.29 is 9.18 Å². The fourth-order valence-corrected chi connectivity index (χ4v) is 1.41. The third kappa shape index (κ3) is 2.40. The fourth-order valence-electron chi connectivity index (χ4n) is 1.41. The lowest BCUT2D eigenvalue weighted by molar-refractivity contribution is -0.132. The van der Waals surface area contributed by atoms with Crippen LogP contribution in [-0.2, 0) is 4.79 Å². The molecule has 4 heteroatoms. The Bertz CT molecular complexity index is 196. The van der Waals surface area contributed by atoms with Crippen molar-refractivity contribution >= 4 is 5.91 Å². The molecule has 1 heterocycles. The highest BCUT2D eigenvalue weighted by Crippen LogP contribution is 2.14. The molecule has 2 atom stereocenters. The first-order chi connectivity index (χ1) is 6.02.